The van der Waals surface area contributed by atoms with Crippen LogP contribution >= 0.6 is 0 Å². The van der Waals surface area contributed by atoms with Crippen LogP contribution in [-0.2, 0) is 11.3 Å². The van der Waals surface area contributed by atoms with Gasteiger partial charge in [0.15, 0.2) is 0 Å². The molecule has 1 aromatic heterocycles. The van der Waals surface area contributed by atoms with E-state index in [4.69, 9.17) is 0 Å². The average molecular weight is 390 g/mol. The number of fused-ring (bicyclic) bond motifs is 1. The second-order valence-corrected chi connectivity index (χ2v) is 7.61. The lowest BCUT2D eigenvalue weighted by atomic mass is 10.1. The van der Waals surface area contributed by atoms with Crippen molar-refractivity contribution in [2.45, 2.75) is 20.4 Å². The number of aryl methyl sites for hydroxylation is 1. The highest BCUT2D eigenvalue weighted by atomic mass is 16.2. The van der Waals surface area contributed by atoms with E-state index in [1.54, 1.807) is 6.92 Å². The summed E-state index contributed by atoms with van der Waals surface area (Å²) in [7, 11) is 0. The molecule has 1 aliphatic rings. The van der Waals surface area contributed by atoms with Crippen LogP contribution in [0.5, 0.6) is 0 Å². The van der Waals surface area contributed by atoms with Crippen LogP contribution < -0.4 is 15.8 Å². The topological polar surface area (TPSA) is 68.4 Å². The fourth-order valence-corrected chi connectivity index (χ4v) is 3.77. The standard InChI is InChI=1S/C23H26N4O2/c1-16-3-8-22-18(13-16)14-19(23(29)25-22)15-24-20-4-6-21(7-5-20)27-11-9-26(10-12-27)17(2)28/h3-8,13-14,24H,9-12,15H2,1-2H3,(H,25,29). The van der Waals surface area contributed by atoms with Gasteiger partial charge in [-0.05, 0) is 54.8 Å². The zero-order chi connectivity index (χ0) is 20.4. The van der Waals surface area contributed by atoms with Crippen molar-refractivity contribution >= 4 is 28.2 Å². The van der Waals surface area contributed by atoms with Crippen molar-refractivity contribution in [3.63, 3.8) is 0 Å². The average Bonchev–Trinajstić information content (AvgIpc) is 2.73. The first-order chi connectivity index (χ1) is 14.0. The van der Waals surface area contributed by atoms with Crippen LogP contribution in [0, 0.1) is 6.92 Å². The number of aromatic amines is 1. The maximum Gasteiger partial charge on any atom is 0.253 e. The van der Waals surface area contributed by atoms with Crippen LogP contribution in [0.25, 0.3) is 10.9 Å². The summed E-state index contributed by atoms with van der Waals surface area (Å²) < 4.78 is 0. The van der Waals surface area contributed by atoms with Crippen molar-refractivity contribution in [3.8, 4) is 0 Å². The van der Waals surface area contributed by atoms with Gasteiger partial charge in [-0.15, -0.1) is 0 Å². The van der Waals surface area contributed by atoms with Crippen LogP contribution in [0.3, 0.4) is 0 Å². The van der Waals surface area contributed by atoms with Crippen LogP contribution in [0.1, 0.15) is 18.1 Å². The van der Waals surface area contributed by atoms with Crippen LogP contribution in [0.15, 0.2) is 53.3 Å². The number of aromatic nitrogens is 1. The molecule has 0 radical (unpaired) electrons. The third-order valence-electron chi connectivity index (χ3n) is 5.52. The number of nitrogens with zero attached hydrogens (tertiary/aromatic N) is 2. The van der Waals surface area contributed by atoms with Gasteiger partial charge in [0.05, 0.1) is 0 Å². The van der Waals surface area contributed by atoms with E-state index in [-0.39, 0.29) is 11.5 Å². The summed E-state index contributed by atoms with van der Waals surface area (Å²) in [6, 6.07) is 16.2. The molecular weight excluding hydrogens is 364 g/mol. The van der Waals surface area contributed by atoms with Crippen molar-refractivity contribution < 1.29 is 4.79 Å². The summed E-state index contributed by atoms with van der Waals surface area (Å²) in [6.45, 7) is 7.35. The van der Waals surface area contributed by atoms with E-state index in [1.807, 2.05) is 42.2 Å². The summed E-state index contributed by atoms with van der Waals surface area (Å²) in [6.07, 6.45) is 0. The lowest BCUT2D eigenvalue weighted by Crippen LogP contribution is -2.48. The first-order valence-corrected chi connectivity index (χ1v) is 9.96. The monoisotopic (exact) mass is 390 g/mol. The Balaban J connectivity index is 1.41. The van der Waals surface area contributed by atoms with Crippen LogP contribution in [0.2, 0.25) is 0 Å². The van der Waals surface area contributed by atoms with E-state index in [2.05, 4.69) is 33.4 Å². The fourth-order valence-electron chi connectivity index (χ4n) is 3.77. The number of piperazine rings is 1. The van der Waals surface area contributed by atoms with Gasteiger partial charge in [0.1, 0.15) is 0 Å². The Labute approximate surface area is 170 Å². The summed E-state index contributed by atoms with van der Waals surface area (Å²) in [4.78, 5) is 30.9. The Morgan fingerprint density at radius 2 is 1.76 bits per heavy atom. The number of carbonyl (C=O) groups is 1. The zero-order valence-corrected chi connectivity index (χ0v) is 16.9. The molecule has 0 bridgehead atoms. The molecule has 0 spiro atoms. The zero-order valence-electron chi connectivity index (χ0n) is 16.9. The van der Waals surface area contributed by atoms with Crippen molar-refractivity contribution in [2.24, 2.45) is 0 Å². The molecule has 2 aromatic carbocycles. The van der Waals surface area contributed by atoms with Crippen molar-refractivity contribution in [2.75, 3.05) is 36.4 Å². The molecule has 1 saturated heterocycles. The molecule has 1 amide bonds. The molecule has 0 unspecified atom stereocenters. The Kier molecular flexibility index (Phi) is 5.25. The maximum atomic E-state index is 12.3. The largest absolute Gasteiger partial charge is 0.381 e. The SMILES string of the molecule is CC(=O)N1CCN(c2ccc(NCc3cc4cc(C)ccc4[nH]c3=O)cc2)CC1. The van der Waals surface area contributed by atoms with Gasteiger partial charge in [-0.3, -0.25) is 9.59 Å². The smallest absolute Gasteiger partial charge is 0.253 e. The molecule has 0 atom stereocenters. The number of rotatable bonds is 4. The molecule has 150 valence electrons. The number of hydrogen-bond acceptors (Lipinski definition) is 4. The van der Waals surface area contributed by atoms with Gasteiger partial charge in [0.2, 0.25) is 5.91 Å². The first kappa shape index (κ1) is 19.1. The Morgan fingerprint density at radius 3 is 2.45 bits per heavy atom. The number of amides is 1. The maximum absolute atomic E-state index is 12.3. The van der Waals surface area contributed by atoms with Gasteiger partial charge < -0.3 is 20.1 Å². The minimum absolute atomic E-state index is 0.0613. The van der Waals surface area contributed by atoms with Crippen LogP contribution in [-0.4, -0.2) is 42.0 Å². The van der Waals surface area contributed by atoms with Gasteiger partial charge in [-0.2, -0.15) is 0 Å². The second kappa shape index (κ2) is 7.99. The highest BCUT2D eigenvalue weighted by Gasteiger charge is 2.18. The van der Waals surface area contributed by atoms with Crippen molar-refractivity contribution in [3.05, 3.63) is 70.0 Å². The quantitative estimate of drug-likeness (QED) is 0.718. The minimum atomic E-state index is -0.0613. The molecule has 0 saturated carbocycles. The van der Waals surface area contributed by atoms with Crippen LogP contribution in [0.4, 0.5) is 11.4 Å². The van der Waals surface area contributed by atoms with E-state index >= 15 is 0 Å². The van der Waals surface area contributed by atoms with E-state index in [9.17, 15) is 9.59 Å². The molecule has 2 heterocycles. The molecular formula is C23H26N4O2. The summed E-state index contributed by atoms with van der Waals surface area (Å²) in [5.41, 5.74) is 4.81. The molecule has 6 heteroatoms. The molecule has 1 fully saturated rings. The highest BCUT2D eigenvalue weighted by molar-refractivity contribution is 5.79. The molecule has 3 aromatic rings. The third-order valence-corrected chi connectivity index (χ3v) is 5.52. The first-order valence-electron chi connectivity index (χ1n) is 9.96. The van der Waals surface area contributed by atoms with Gasteiger partial charge in [-0.1, -0.05) is 11.6 Å². The predicted molar refractivity (Wildman–Crippen MR) is 118 cm³/mol. The summed E-state index contributed by atoms with van der Waals surface area (Å²) >= 11 is 0. The summed E-state index contributed by atoms with van der Waals surface area (Å²) in [5.74, 6) is 0.142. The van der Waals surface area contributed by atoms with Gasteiger partial charge in [-0.25, -0.2) is 0 Å². The Morgan fingerprint density at radius 1 is 1.03 bits per heavy atom. The number of anilines is 2. The summed E-state index contributed by atoms with van der Waals surface area (Å²) in [5, 5.41) is 4.38. The molecule has 6 nitrogen and oxygen atoms in total. The van der Waals surface area contributed by atoms with Crippen molar-refractivity contribution in [1.29, 1.82) is 0 Å². The van der Waals surface area contributed by atoms with Gasteiger partial charge in [0, 0.05) is 62.1 Å². The number of pyridine rings is 1. The molecule has 0 aliphatic carbocycles. The third kappa shape index (κ3) is 4.26. The van der Waals surface area contributed by atoms with E-state index in [1.165, 1.54) is 5.56 Å². The van der Waals surface area contributed by atoms with Gasteiger partial charge >= 0.3 is 0 Å². The number of carbonyl (C=O) groups excluding carboxylic acids is 1. The number of benzene rings is 2. The number of nitrogens with one attached hydrogen (secondary N) is 2. The lowest BCUT2D eigenvalue weighted by Gasteiger charge is -2.35. The number of hydrogen-bond donors (Lipinski definition) is 2. The fraction of sp³-hybridized carbons (Fsp3) is 0.304. The molecule has 4 rings (SSSR count). The Bertz CT molecular complexity index is 1080. The minimum Gasteiger partial charge on any atom is -0.381 e. The Hall–Kier alpha value is -3.28. The molecule has 1 aliphatic heterocycles. The van der Waals surface area contributed by atoms with Gasteiger partial charge in [0.25, 0.3) is 5.56 Å². The predicted octanol–water partition coefficient (Wildman–Crippen LogP) is 3.12. The second-order valence-electron chi connectivity index (χ2n) is 7.61. The van der Waals surface area contributed by atoms with E-state index in [0.717, 1.165) is 48.5 Å². The molecule has 29 heavy (non-hydrogen) atoms. The highest BCUT2D eigenvalue weighted by Crippen LogP contribution is 2.20. The van der Waals surface area contributed by atoms with E-state index < -0.39 is 0 Å². The lowest BCUT2D eigenvalue weighted by molar-refractivity contribution is -0.129. The number of H-pyrrole nitrogens is 1. The molecule has 2 N–H and O–H groups in total. The van der Waals surface area contributed by atoms with E-state index in [0.29, 0.717) is 12.1 Å². The van der Waals surface area contributed by atoms with Crippen molar-refractivity contribution in [1.82, 2.24) is 9.88 Å². The normalized spacial score (nSPS) is 14.3.